The molecule has 0 spiro atoms. The highest BCUT2D eigenvalue weighted by Crippen LogP contribution is 2.06. The van der Waals surface area contributed by atoms with Crippen molar-refractivity contribution in [3.8, 4) is 0 Å². The Hall–Kier alpha value is -2.25. The molecule has 7 heteroatoms. The molecule has 1 aromatic rings. The summed E-state index contributed by atoms with van der Waals surface area (Å²) >= 11 is 0. The Labute approximate surface area is 122 Å². The van der Waals surface area contributed by atoms with Gasteiger partial charge < -0.3 is 21.7 Å². The van der Waals surface area contributed by atoms with Gasteiger partial charge in [-0.25, -0.2) is 0 Å². The molecule has 6 N–H and O–H groups in total. The molecular weight excluding hydrogens is 276 g/mol. The summed E-state index contributed by atoms with van der Waals surface area (Å²) in [4.78, 5) is 31.5. The Morgan fingerprint density at radius 1 is 1.05 bits per heavy atom. The Balaban J connectivity index is 0.000000567. The molecule has 1 rings (SSSR count). The van der Waals surface area contributed by atoms with Gasteiger partial charge in [0, 0.05) is 12.0 Å². The summed E-state index contributed by atoms with van der Waals surface area (Å²) < 4.78 is 0. The Morgan fingerprint density at radius 3 is 1.90 bits per heavy atom. The second-order valence-electron chi connectivity index (χ2n) is 4.40. The van der Waals surface area contributed by atoms with Gasteiger partial charge in [-0.2, -0.15) is 0 Å². The number of ketones is 1. The van der Waals surface area contributed by atoms with Gasteiger partial charge in [0.05, 0.1) is 0 Å². The number of benzene rings is 1. The first-order valence-electron chi connectivity index (χ1n) is 6.30. The summed E-state index contributed by atoms with van der Waals surface area (Å²) in [7, 11) is 0. The van der Waals surface area contributed by atoms with E-state index in [1.807, 2.05) is 6.07 Å². The molecule has 0 amide bonds. The Morgan fingerprint density at radius 2 is 1.52 bits per heavy atom. The highest BCUT2D eigenvalue weighted by molar-refractivity contribution is 5.96. The van der Waals surface area contributed by atoms with Gasteiger partial charge in [-0.05, 0) is 13.3 Å². The molecule has 2 unspecified atom stereocenters. The van der Waals surface area contributed by atoms with Crippen LogP contribution in [0.15, 0.2) is 30.3 Å². The first kappa shape index (κ1) is 18.8. The van der Waals surface area contributed by atoms with Crippen molar-refractivity contribution in [2.24, 2.45) is 11.5 Å². The zero-order chi connectivity index (χ0) is 16.4. The second-order valence-corrected chi connectivity index (χ2v) is 4.40. The lowest BCUT2D eigenvalue weighted by Gasteiger charge is -2.05. The molecule has 21 heavy (non-hydrogen) atoms. The third-order valence-electron chi connectivity index (χ3n) is 2.48. The molecule has 0 bridgehead atoms. The van der Waals surface area contributed by atoms with E-state index >= 15 is 0 Å². The minimum Gasteiger partial charge on any atom is -0.480 e. The van der Waals surface area contributed by atoms with Crippen LogP contribution in [-0.4, -0.2) is 40.0 Å². The van der Waals surface area contributed by atoms with Gasteiger partial charge in [0.1, 0.15) is 12.1 Å². The summed E-state index contributed by atoms with van der Waals surface area (Å²) in [6, 6.07) is 7.07. The van der Waals surface area contributed by atoms with Crippen LogP contribution in [0.25, 0.3) is 0 Å². The van der Waals surface area contributed by atoms with Gasteiger partial charge in [-0.3, -0.25) is 14.4 Å². The molecular formula is C14H20N2O5. The highest BCUT2D eigenvalue weighted by atomic mass is 16.4. The van der Waals surface area contributed by atoms with E-state index < -0.39 is 24.0 Å². The van der Waals surface area contributed by atoms with E-state index in [-0.39, 0.29) is 18.6 Å². The maximum atomic E-state index is 11.5. The molecule has 0 aliphatic rings. The van der Waals surface area contributed by atoms with Crippen LogP contribution in [0.5, 0.6) is 0 Å². The van der Waals surface area contributed by atoms with E-state index in [1.54, 1.807) is 24.3 Å². The topological polar surface area (TPSA) is 144 Å². The normalized spacial score (nSPS) is 12.5. The van der Waals surface area contributed by atoms with E-state index in [9.17, 15) is 14.4 Å². The van der Waals surface area contributed by atoms with Crippen molar-refractivity contribution >= 4 is 17.7 Å². The average molecular weight is 296 g/mol. The molecule has 0 heterocycles. The molecule has 1 aromatic carbocycles. The number of aliphatic carboxylic acids is 2. The van der Waals surface area contributed by atoms with Crippen LogP contribution >= 0.6 is 0 Å². The van der Waals surface area contributed by atoms with Gasteiger partial charge in [0.15, 0.2) is 5.78 Å². The Bertz CT molecular complexity index is 474. The Kier molecular flexibility index (Phi) is 8.59. The molecule has 0 radical (unpaired) electrons. The SMILES string of the molecule is CC(N)C(=O)O.NC(CCC(=O)c1ccccc1)C(=O)O. The van der Waals surface area contributed by atoms with Crippen LogP contribution in [0.2, 0.25) is 0 Å². The quantitative estimate of drug-likeness (QED) is 0.559. The number of rotatable bonds is 6. The molecule has 0 aliphatic heterocycles. The number of carbonyl (C=O) groups is 3. The number of carbonyl (C=O) groups excluding carboxylic acids is 1. The third-order valence-corrected chi connectivity index (χ3v) is 2.48. The zero-order valence-corrected chi connectivity index (χ0v) is 11.7. The smallest absolute Gasteiger partial charge is 0.320 e. The molecule has 7 nitrogen and oxygen atoms in total. The number of carboxylic acid groups (broad SMARTS) is 2. The van der Waals surface area contributed by atoms with E-state index in [4.69, 9.17) is 21.7 Å². The minimum absolute atomic E-state index is 0.0766. The molecule has 2 atom stereocenters. The fraction of sp³-hybridized carbons (Fsp3) is 0.357. The van der Waals surface area contributed by atoms with Gasteiger partial charge in [0.25, 0.3) is 0 Å². The first-order valence-corrected chi connectivity index (χ1v) is 6.30. The second kappa shape index (κ2) is 9.62. The maximum absolute atomic E-state index is 11.5. The van der Waals surface area contributed by atoms with Crippen molar-refractivity contribution in [3.05, 3.63) is 35.9 Å². The lowest BCUT2D eigenvalue weighted by Crippen LogP contribution is -2.30. The number of hydrogen-bond donors (Lipinski definition) is 4. The molecule has 0 fully saturated rings. The largest absolute Gasteiger partial charge is 0.480 e. The number of nitrogens with two attached hydrogens (primary N) is 2. The fourth-order valence-corrected chi connectivity index (χ4v) is 1.18. The lowest BCUT2D eigenvalue weighted by molar-refractivity contribution is -0.139. The van der Waals surface area contributed by atoms with Gasteiger partial charge in [-0.15, -0.1) is 0 Å². The third kappa shape index (κ3) is 8.51. The van der Waals surface area contributed by atoms with Crippen molar-refractivity contribution < 1.29 is 24.6 Å². The van der Waals surface area contributed by atoms with E-state index in [2.05, 4.69) is 0 Å². The van der Waals surface area contributed by atoms with Crippen molar-refractivity contribution in [3.63, 3.8) is 0 Å². The number of carboxylic acids is 2. The summed E-state index contributed by atoms with van der Waals surface area (Å²) in [6.07, 6.45) is 0.334. The van der Waals surface area contributed by atoms with E-state index in [0.717, 1.165) is 0 Å². The van der Waals surface area contributed by atoms with Crippen molar-refractivity contribution in [2.45, 2.75) is 31.8 Å². The van der Waals surface area contributed by atoms with Gasteiger partial charge in [0.2, 0.25) is 0 Å². The molecule has 116 valence electrons. The summed E-state index contributed by atoms with van der Waals surface area (Å²) in [5.41, 5.74) is 10.7. The van der Waals surface area contributed by atoms with Crippen LogP contribution < -0.4 is 11.5 Å². The summed E-state index contributed by atoms with van der Waals surface area (Å²) in [5, 5.41) is 16.4. The molecule has 0 aliphatic carbocycles. The van der Waals surface area contributed by atoms with E-state index in [1.165, 1.54) is 6.92 Å². The summed E-state index contributed by atoms with van der Waals surface area (Å²) in [6.45, 7) is 1.42. The van der Waals surface area contributed by atoms with Crippen LogP contribution in [0.4, 0.5) is 0 Å². The van der Waals surface area contributed by atoms with Crippen LogP contribution in [0, 0.1) is 0 Å². The van der Waals surface area contributed by atoms with Gasteiger partial charge >= 0.3 is 11.9 Å². The average Bonchev–Trinajstić information content (AvgIpc) is 2.45. The molecule has 0 saturated heterocycles. The predicted molar refractivity (Wildman–Crippen MR) is 76.9 cm³/mol. The summed E-state index contributed by atoms with van der Waals surface area (Å²) in [5.74, 6) is -2.11. The van der Waals surface area contributed by atoms with Crippen LogP contribution in [0.3, 0.4) is 0 Å². The highest BCUT2D eigenvalue weighted by Gasteiger charge is 2.14. The van der Waals surface area contributed by atoms with Gasteiger partial charge in [-0.1, -0.05) is 30.3 Å². The van der Waals surface area contributed by atoms with E-state index in [0.29, 0.717) is 5.56 Å². The molecule has 0 saturated carbocycles. The van der Waals surface area contributed by atoms with Crippen molar-refractivity contribution in [2.75, 3.05) is 0 Å². The standard InChI is InChI=1S/C11H13NO3.C3H7NO2/c12-9(11(14)15)6-7-10(13)8-4-2-1-3-5-8;1-2(4)3(5)6/h1-5,9H,6-7,12H2,(H,14,15);2H,4H2,1H3,(H,5,6). The minimum atomic E-state index is -1.07. The lowest BCUT2D eigenvalue weighted by atomic mass is 10.0. The monoisotopic (exact) mass is 296 g/mol. The molecule has 0 aromatic heterocycles. The fourth-order valence-electron chi connectivity index (χ4n) is 1.18. The van der Waals surface area contributed by atoms with Crippen LogP contribution in [-0.2, 0) is 9.59 Å². The maximum Gasteiger partial charge on any atom is 0.320 e. The predicted octanol–water partition coefficient (Wildman–Crippen LogP) is 0.480. The zero-order valence-electron chi connectivity index (χ0n) is 11.7. The number of hydrogen-bond acceptors (Lipinski definition) is 5. The first-order chi connectivity index (χ1) is 9.75. The van der Waals surface area contributed by atoms with Crippen molar-refractivity contribution in [1.82, 2.24) is 0 Å². The number of Topliss-reactive ketones (excluding diaryl/α,β-unsaturated/α-hetero) is 1. The van der Waals surface area contributed by atoms with Crippen molar-refractivity contribution in [1.29, 1.82) is 0 Å². The van der Waals surface area contributed by atoms with Crippen LogP contribution in [0.1, 0.15) is 30.1 Å².